The van der Waals surface area contributed by atoms with E-state index in [2.05, 4.69) is 15.1 Å². The lowest BCUT2D eigenvalue weighted by atomic mass is 10.0. The van der Waals surface area contributed by atoms with Gasteiger partial charge in [-0.3, -0.25) is 9.69 Å². The third-order valence-electron chi connectivity index (χ3n) is 6.70. The number of carbonyl (C=O) groups is 3. The van der Waals surface area contributed by atoms with Crippen LogP contribution in [0.4, 0.5) is 0 Å². The zero-order chi connectivity index (χ0) is 28.7. The van der Waals surface area contributed by atoms with Crippen LogP contribution in [-0.4, -0.2) is 70.4 Å². The molecule has 208 valence electrons. The van der Waals surface area contributed by atoms with Gasteiger partial charge in [0.1, 0.15) is 22.1 Å². The summed E-state index contributed by atoms with van der Waals surface area (Å²) in [5.41, 5.74) is 9.19. The molecule has 0 aliphatic carbocycles. The van der Waals surface area contributed by atoms with E-state index < -0.39 is 24.1 Å². The van der Waals surface area contributed by atoms with Crippen LogP contribution in [0.1, 0.15) is 33.5 Å². The molecule has 13 heteroatoms. The Morgan fingerprint density at radius 2 is 1.78 bits per heavy atom. The van der Waals surface area contributed by atoms with Crippen molar-refractivity contribution in [3.05, 3.63) is 101 Å². The van der Waals surface area contributed by atoms with Crippen molar-refractivity contribution in [2.75, 3.05) is 11.5 Å². The lowest BCUT2D eigenvalue weighted by Crippen LogP contribution is -2.68. The number of hydrogen-bond donors (Lipinski definition) is 2. The van der Waals surface area contributed by atoms with E-state index in [4.69, 9.17) is 10.5 Å². The first kappa shape index (κ1) is 27.0. The number of hydrogen-bond acceptors (Lipinski definition) is 10. The van der Waals surface area contributed by atoms with E-state index in [0.717, 1.165) is 11.1 Å². The van der Waals surface area contributed by atoms with Crippen LogP contribution in [-0.2, 0) is 14.3 Å². The van der Waals surface area contributed by atoms with Gasteiger partial charge in [-0.15, -0.1) is 28.6 Å². The number of thioether (sulfide) groups is 2. The molecule has 1 fully saturated rings. The van der Waals surface area contributed by atoms with E-state index in [9.17, 15) is 19.5 Å². The topological polar surface area (TPSA) is 153 Å². The fourth-order valence-electron chi connectivity index (χ4n) is 4.73. The maximum absolute atomic E-state index is 13.9. The molecule has 0 saturated carbocycles. The highest BCUT2D eigenvalue weighted by Crippen LogP contribution is 2.42. The Balaban J connectivity index is 1.35. The summed E-state index contributed by atoms with van der Waals surface area (Å²) < 4.78 is 7.51. The van der Waals surface area contributed by atoms with Gasteiger partial charge in [-0.25, -0.2) is 14.6 Å². The van der Waals surface area contributed by atoms with Gasteiger partial charge in [-0.1, -0.05) is 60.7 Å². The highest BCUT2D eigenvalue weighted by molar-refractivity contribution is 8.01. The second-order valence-corrected chi connectivity index (χ2v) is 11.6. The first-order chi connectivity index (χ1) is 19.8. The molecule has 1 amide bonds. The van der Waals surface area contributed by atoms with Gasteiger partial charge in [0.25, 0.3) is 11.6 Å². The second-order valence-electron chi connectivity index (χ2n) is 9.47. The van der Waals surface area contributed by atoms with Crippen LogP contribution in [0.25, 0.3) is 5.78 Å². The van der Waals surface area contributed by atoms with Crippen molar-refractivity contribution in [2.24, 2.45) is 5.73 Å². The summed E-state index contributed by atoms with van der Waals surface area (Å²) in [7, 11) is 0. The predicted octanol–water partition coefficient (Wildman–Crippen LogP) is 3.05. The van der Waals surface area contributed by atoms with E-state index in [1.54, 1.807) is 13.0 Å². The fraction of sp³-hybridized carbons (Fsp3) is 0.214. The molecular formula is C28H24N6O5S2. The number of fused-ring (bicyclic) bond motifs is 2. The van der Waals surface area contributed by atoms with Crippen LogP contribution in [0.15, 0.2) is 83.0 Å². The van der Waals surface area contributed by atoms with Crippen molar-refractivity contribution in [2.45, 2.75) is 29.5 Å². The third-order valence-corrected chi connectivity index (χ3v) is 9.14. The lowest BCUT2D eigenvalue weighted by Gasteiger charge is -2.48. The predicted molar refractivity (Wildman–Crippen MR) is 152 cm³/mol. The Labute approximate surface area is 242 Å². The van der Waals surface area contributed by atoms with Crippen LogP contribution in [0.2, 0.25) is 0 Å². The molecule has 2 aromatic heterocycles. The minimum absolute atomic E-state index is 0.161. The van der Waals surface area contributed by atoms with Crippen molar-refractivity contribution in [3.8, 4) is 0 Å². The van der Waals surface area contributed by atoms with Crippen molar-refractivity contribution in [3.63, 3.8) is 0 Å². The Morgan fingerprint density at radius 3 is 2.41 bits per heavy atom. The maximum Gasteiger partial charge on any atom is 0.375 e. The number of carboxylic acid groups (broad SMARTS) is 1. The molecule has 4 heterocycles. The molecule has 11 nitrogen and oxygen atoms in total. The second kappa shape index (κ2) is 11.0. The quantitative estimate of drug-likeness (QED) is 0.135. The average molecular weight is 589 g/mol. The van der Waals surface area contributed by atoms with Gasteiger partial charge in [0.15, 0.2) is 6.10 Å². The van der Waals surface area contributed by atoms with Crippen molar-refractivity contribution in [1.29, 1.82) is 0 Å². The SMILES string of the molecule is Cc1cc(SCC2=C(C(=O)OC(c3ccccc3)c3ccccc3)N3C(=O)C(N)[C@@H]3SC2)n2nc(C(=O)O)nc2n1. The summed E-state index contributed by atoms with van der Waals surface area (Å²) >= 11 is 2.83. The van der Waals surface area contributed by atoms with Gasteiger partial charge in [-0.05, 0) is 29.7 Å². The fourth-order valence-corrected chi connectivity index (χ4v) is 7.22. The number of carbonyl (C=O) groups excluding carboxylic acids is 2. The Kier molecular flexibility index (Phi) is 7.24. The minimum Gasteiger partial charge on any atom is -0.475 e. The van der Waals surface area contributed by atoms with Crippen LogP contribution < -0.4 is 5.73 Å². The minimum atomic E-state index is -1.26. The first-order valence-corrected chi connectivity index (χ1v) is 14.7. The standard InChI is InChI=1S/C28H24N6O5S2/c1-15-12-19(34-28(30-15)31-23(32-34)26(36)37)40-13-18-14-41-25-20(29)24(35)33(25)21(18)27(38)39-22(16-8-4-2-5-9-16)17-10-6-3-7-11-17/h2-12,20,22,25H,13-14,29H2,1H3,(H,36,37)/t20?,25-/m0/s1. The molecule has 2 atom stereocenters. The number of ether oxygens (including phenoxy) is 1. The maximum atomic E-state index is 13.9. The van der Waals surface area contributed by atoms with Gasteiger partial charge in [0, 0.05) is 17.2 Å². The molecule has 3 N–H and O–H groups in total. The molecule has 2 aliphatic heterocycles. The number of nitrogens with two attached hydrogens (primary N) is 1. The molecule has 6 rings (SSSR count). The van der Waals surface area contributed by atoms with E-state index in [0.29, 0.717) is 27.8 Å². The summed E-state index contributed by atoms with van der Waals surface area (Å²) in [6.07, 6.45) is -0.684. The number of carboxylic acids is 1. The van der Waals surface area contributed by atoms with Crippen LogP contribution in [0.3, 0.4) is 0 Å². The summed E-state index contributed by atoms with van der Waals surface area (Å²) in [4.78, 5) is 47.9. The highest BCUT2D eigenvalue weighted by atomic mass is 32.2. The number of rotatable bonds is 8. The van der Waals surface area contributed by atoms with E-state index >= 15 is 0 Å². The average Bonchev–Trinajstić information content (AvgIpc) is 3.43. The molecule has 2 aliphatic rings. The number of nitrogens with zero attached hydrogens (tertiary/aromatic N) is 5. The smallest absolute Gasteiger partial charge is 0.375 e. The van der Waals surface area contributed by atoms with E-state index in [1.165, 1.54) is 32.9 Å². The molecule has 0 bridgehead atoms. The van der Waals surface area contributed by atoms with Crippen molar-refractivity contribution >= 4 is 47.1 Å². The summed E-state index contributed by atoms with van der Waals surface area (Å²) in [5, 5.41) is 13.6. The number of aromatic carboxylic acids is 1. The van der Waals surface area contributed by atoms with Crippen LogP contribution >= 0.6 is 23.5 Å². The normalized spacial score (nSPS) is 18.4. The highest BCUT2D eigenvalue weighted by Gasteiger charge is 2.52. The number of aryl methyl sites for hydroxylation is 1. The molecule has 2 aromatic carbocycles. The molecule has 0 spiro atoms. The Morgan fingerprint density at radius 1 is 1.12 bits per heavy atom. The first-order valence-electron chi connectivity index (χ1n) is 12.7. The van der Waals surface area contributed by atoms with Crippen molar-refractivity contribution < 1.29 is 24.2 Å². The molecule has 1 unspecified atom stereocenters. The Hall–Kier alpha value is -4.20. The monoisotopic (exact) mass is 588 g/mol. The van der Waals surface area contributed by atoms with Gasteiger partial charge in [-0.2, -0.15) is 9.50 Å². The summed E-state index contributed by atoms with van der Waals surface area (Å²) in [6, 6.07) is 19.9. The molecule has 4 aromatic rings. The molecular weight excluding hydrogens is 564 g/mol. The summed E-state index contributed by atoms with van der Waals surface area (Å²) in [5.74, 6) is -1.64. The number of esters is 1. The van der Waals surface area contributed by atoms with Crippen molar-refractivity contribution in [1.82, 2.24) is 24.5 Å². The van der Waals surface area contributed by atoms with Crippen LogP contribution in [0.5, 0.6) is 0 Å². The van der Waals surface area contributed by atoms with E-state index in [-0.39, 0.29) is 28.6 Å². The zero-order valence-corrected chi connectivity index (χ0v) is 23.3. The number of benzene rings is 2. The Bertz CT molecular complexity index is 1650. The van der Waals surface area contributed by atoms with Gasteiger partial charge >= 0.3 is 11.9 Å². The third kappa shape index (κ3) is 5.07. The van der Waals surface area contributed by atoms with E-state index in [1.807, 2.05) is 60.7 Å². The molecule has 41 heavy (non-hydrogen) atoms. The van der Waals surface area contributed by atoms with Gasteiger partial charge in [0.2, 0.25) is 5.91 Å². The van der Waals surface area contributed by atoms with Gasteiger partial charge in [0.05, 0.1) is 0 Å². The number of β-lactam (4-membered cyclic amide) rings is 1. The number of aromatic nitrogens is 4. The zero-order valence-electron chi connectivity index (χ0n) is 21.7. The summed E-state index contributed by atoms with van der Waals surface area (Å²) in [6.45, 7) is 1.77. The van der Waals surface area contributed by atoms with Gasteiger partial charge < -0.3 is 15.6 Å². The molecule has 0 radical (unpaired) electrons. The lowest BCUT2D eigenvalue weighted by molar-refractivity contribution is -0.153. The largest absolute Gasteiger partial charge is 0.475 e. The number of amides is 1. The van der Waals surface area contributed by atoms with Crippen LogP contribution in [0, 0.1) is 6.92 Å². The molecule has 1 saturated heterocycles.